The summed E-state index contributed by atoms with van der Waals surface area (Å²) in [6.07, 6.45) is 0.633. The Balaban J connectivity index is 2.17. The largest absolute Gasteiger partial charge is 0.207 e. The average Bonchev–Trinajstić information content (AvgIpc) is 2.37. The maximum Gasteiger partial charge on any atom is 0.162 e. The van der Waals surface area contributed by atoms with E-state index >= 15 is 0 Å². The zero-order valence-electron chi connectivity index (χ0n) is 10.9. The highest BCUT2D eigenvalue weighted by Gasteiger charge is 2.11. The van der Waals surface area contributed by atoms with Gasteiger partial charge in [-0.1, -0.05) is 24.3 Å². The summed E-state index contributed by atoms with van der Waals surface area (Å²) in [6, 6.07) is 8.04. The zero-order chi connectivity index (χ0) is 14.0. The second kappa shape index (κ2) is 5.47. The van der Waals surface area contributed by atoms with E-state index in [2.05, 4.69) is 0 Å². The molecule has 0 nitrogen and oxygen atoms in total. The first kappa shape index (κ1) is 13.7. The summed E-state index contributed by atoms with van der Waals surface area (Å²) in [4.78, 5) is 0. The Labute approximate surface area is 110 Å². The quantitative estimate of drug-likeness (QED) is 0.765. The lowest BCUT2D eigenvalue weighted by Gasteiger charge is -2.07. The van der Waals surface area contributed by atoms with E-state index < -0.39 is 11.6 Å². The van der Waals surface area contributed by atoms with Gasteiger partial charge in [-0.3, -0.25) is 0 Å². The first-order chi connectivity index (χ1) is 8.99. The van der Waals surface area contributed by atoms with Crippen LogP contribution in [0.2, 0.25) is 0 Å². The first-order valence-electron chi connectivity index (χ1n) is 6.17. The molecule has 2 aromatic rings. The molecule has 2 rings (SSSR count). The van der Waals surface area contributed by atoms with Crippen LogP contribution in [0, 0.1) is 31.3 Å². The molecule has 3 heteroatoms. The van der Waals surface area contributed by atoms with Crippen LogP contribution >= 0.6 is 0 Å². The van der Waals surface area contributed by atoms with Gasteiger partial charge in [0.25, 0.3) is 0 Å². The van der Waals surface area contributed by atoms with Gasteiger partial charge < -0.3 is 0 Å². The van der Waals surface area contributed by atoms with Crippen LogP contribution in [0.1, 0.15) is 22.3 Å². The van der Waals surface area contributed by atoms with Gasteiger partial charge in [0.2, 0.25) is 0 Å². The Morgan fingerprint density at radius 3 is 2.11 bits per heavy atom. The molecule has 100 valence electrons. The number of halogens is 3. The molecule has 0 atom stereocenters. The van der Waals surface area contributed by atoms with Crippen LogP contribution < -0.4 is 0 Å². The topological polar surface area (TPSA) is 0 Å². The minimum atomic E-state index is -0.826. The van der Waals surface area contributed by atoms with E-state index in [1.807, 2.05) is 13.0 Å². The molecular weight excluding hydrogens is 249 g/mol. The maximum atomic E-state index is 13.7. The van der Waals surface area contributed by atoms with Crippen molar-refractivity contribution in [3.8, 4) is 0 Å². The van der Waals surface area contributed by atoms with E-state index in [0.717, 1.165) is 5.56 Å². The Hall–Kier alpha value is -1.77. The van der Waals surface area contributed by atoms with Crippen LogP contribution in [0.5, 0.6) is 0 Å². The van der Waals surface area contributed by atoms with Crippen molar-refractivity contribution < 1.29 is 13.2 Å². The highest BCUT2D eigenvalue weighted by molar-refractivity contribution is 5.28. The summed E-state index contributed by atoms with van der Waals surface area (Å²) in [6.45, 7) is 3.32. The van der Waals surface area contributed by atoms with Crippen LogP contribution in [0.4, 0.5) is 13.2 Å². The lowest BCUT2D eigenvalue weighted by atomic mass is 10.0. The smallest absolute Gasteiger partial charge is 0.162 e. The Bertz CT molecular complexity index is 603. The van der Waals surface area contributed by atoms with Crippen LogP contribution in [-0.2, 0) is 12.8 Å². The van der Waals surface area contributed by atoms with Crippen molar-refractivity contribution in [2.24, 2.45) is 0 Å². The van der Waals surface area contributed by atoms with Gasteiger partial charge >= 0.3 is 0 Å². The second-order valence-electron chi connectivity index (χ2n) is 4.76. The Morgan fingerprint density at radius 1 is 0.789 bits per heavy atom. The number of hydrogen-bond acceptors (Lipinski definition) is 0. The van der Waals surface area contributed by atoms with Crippen LogP contribution in [-0.4, -0.2) is 0 Å². The number of rotatable bonds is 3. The molecule has 0 aliphatic carbocycles. The van der Waals surface area contributed by atoms with Crippen molar-refractivity contribution in [1.82, 2.24) is 0 Å². The van der Waals surface area contributed by atoms with Crippen LogP contribution in [0.15, 0.2) is 30.3 Å². The first-order valence-corrected chi connectivity index (χ1v) is 6.17. The predicted molar refractivity (Wildman–Crippen MR) is 69.6 cm³/mol. The van der Waals surface area contributed by atoms with Crippen molar-refractivity contribution in [3.05, 3.63) is 70.0 Å². The average molecular weight is 264 g/mol. The predicted octanol–water partition coefficient (Wildman–Crippen LogP) is 4.51. The fourth-order valence-corrected chi connectivity index (χ4v) is 2.00. The minimum Gasteiger partial charge on any atom is -0.207 e. The number of benzene rings is 2. The Morgan fingerprint density at radius 2 is 1.42 bits per heavy atom. The van der Waals surface area contributed by atoms with Gasteiger partial charge in [-0.25, -0.2) is 13.2 Å². The minimum absolute atomic E-state index is 0.280. The number of hydrogen-bond donors (Lipinski definition) is 0. The van der Waals surface area contributed by atoms with E-state index in [4.69, 9.17) is 0 Å². The van der Waals surface area contributed by atoms with Gasteiger partial charge in [-0.2, -0.15) is 0 Å². The van der Waals surface area contributed by atoms with Crippen molar-refractivity contribution in [3.63, 3.8) is 0 Å². The molecular formula is C16H15F3. The molecule has 0 N–H and O–H groups in total. The van der Waals surface area contributed by atoms with Gasteiger partial charge in [-0.15, -0.1) is 0 Å². The standard InChI is InChI=1S/C16H15F3/c1-10-3-5-12(14(17)9-10)7-8-13-6-4-11(2)15(18)16(13)19/h3-6,9H,7-8H2,1-2H3. The van der Waals surface area contributed by atoms with Gasteiger partial charge in [-0.05, 0) is 55.0 Å². The lowest BCUT2D eigenvalue weighted by Crippen LogP contribution is -2.00. The molecule has 0 aliphatic rings. The molecule has 0 aromatic heterocycles. The van der Waals surface area contributed by atoms with Gasteiger partial charge in [0, 0.05) is 0 Å². The maximum absolute atomic E-state index is 13.7. The Kier molecular flexibility index (Phi) is 3.93. The van der Waals surface area contributed by atoms with Crippen molar-refractivity contribution in [2.75, 3.05) is 0 Å². The van der Waals surface area contributed by atoms with Crippen LogP contribution in [0.25, 0.3) is 0 Å². The van der Waals surface area contributed by atoms with E-state index in [0.29, 0.717) is 12.0 Å². The molecule has 0 aliphatic heterocycles. The molecule has 0 saturated heterocycles. The molecule has 0 saturated carbocycles. The van der Waals surface area contributed by atoms with Gasteiger partial charge in [0.15, 0.2) is 11.6 Å². The van der Waals surface area contributed by atoms with E-state index in [9.17, 15) is 13.2 Å². The molecule has 19 heavy (non-hydrogen) atoms. The SMILES string of the molecule is Cc1ccc(CCc2ccc(C)c(F)c2F)c(F)c1. The summed E-state index contributed by atoms with van der Waals surface area (Å²) in [5.74, 6) is -1.94. The normalized spacial score (nSPS) is 10.8. The van der Waals surface area contributed by atoms with E-state index in [1.165, 1.54) is 13.0 Å². The molecule has 0 unspecified atom stereocenters. The second-order valence-corrected chi connectivity index (χ2v) is 4.76. The van der Waals surface area contributed by atoms with Gasteiger partial charge in [0.1, 0.15) is 5.82 Å². The zero-order valence-corrected chi connectivity index (χ0v) is 10.9. The third-order valence-electron chi connectivity index (χ3n) is 3.23. The molecule has 0 radical (unpaired) electrons. The molecule has 0 bridgehead atoms. The number of aryl methyl sites for hydroxylation is 4. The van der Waals surface area contributed by atoms with Crippen molar-refractivity contribution in [2.45, 2.75) is 26.7 Å². The highest BCUT2D eigenvalue weighted by Crippen LogP contribution is 2.18. The van der Waals surface area contributed by atoms with Crippen LogP contribution in [0.3, 0.4) is 0 Å². The third kappa shape index (κ3) is 2.98. The molecule has 0 fully saturated rings. The van der Waals surface area contributed by atoms with Gasteiger partial charge in [0.05, 0.1) is 0 Å². The van der Waals surface area contributed by atoms with Crippen molar-refractivity contribution >= 4 is 0 Å². The third-order valence-corrected chi connectivity index (χ3v) is 3.23. The summed E-state index contributed by atoms with van der Waals surface area (Å²) < 4.78 is 40.7. The fourth-order valence-electron chi connectivity index (χ4n) is 2.00. The summed E-state index contributed by atoms with van der Waals surface area (Å²) in [5.41, 5.74) is 1.92. The van der Waals surface area contributed by atoms with E-state index in [1.54, 1.807) is 18.2 Å². The molecule has 0 amide bonds. The van der Waals surface area contributed by atoms with E-state index in [-0.39, 0.29) is 23.4 Å². The van der Waals surface area contributed by atoms with Crippen molar-refractivity contribution in [1.29, 1.82) is 0 Å². The highest BCUT2D eigenvalue weighted by atomic mass is 19.2. The summed E-state index contributed by atoms with van der Waals surface area (Å²) in [7, 11) is 0. The molecule has 0 heterocycles. The fraction of sp³-hybridized carbons (Fsp3) is 0.250. The lowest BCUT2D eigenvalue weighted by molar-refractivity contribution is 0.492. The molecule has 0 spiro atoms. The summed E-state index contributed by atoms with van der Waals surface area (Å²) >= 11 is 0. The monoisotopic (exact) mass is 264 g/mol. The summed E-state index contributed by atoms with van der Waals surface area (Å²) in [5, 5.41) is 0. The molecule has 2 aromatic carbocycles.